The molecular weight excluding hydrogens is 370 g/mol. The molecule has 0 saturated heterocycles. The summed E-state index contributed by atoms with van der Waals surface area (Å²) >= 11 is 0. The molecule has 1 unspecified atom stereocenters. The topological polar surface area (TPSA) is 128 Å². The summed E-state index contributed by atoms with van der Waals surface area (Å²) in [6.45, 7) is 0. The number of carbonyl (C=O) groups excluding carboxylic acids is 2. The van der Waals surface area contributed by atoms with Crippen molar-refractivity contribution >= 4 is 17.6 Å². The van der Waals surface area contributed by atoms with Gasteiger partial charge in [-0.3, -0.25) is 4.79 Å². The predicted molar refractivity (Wildman–Crippen MR) is 107 cm³/mol. The number of tetrazole rings is 1. The lowest BCUT2D eigenvalue weighted by Gasteiger charge is -2.18. The highest BCUT2D eigenvalue weighted by Crippen LogP contribution is 2.36. The molecule has 3 aromatic rings. The van der Waals surface area contributed by atoms with E-state index in [-0.39, 0.29) is 12.3 Å². The van der Waals surface area contributed by atoms with Gasteiger partial charge in [-0.15, -0.1) is 5.10 Å². The van der Waals surface area contributed by atoms with Crippen molar-refractivity contribution in [2.24, 2.45) is 5.73 Å². The fourth-order valence-corrected chi connectivity index (χ4v) is 3.19. The van der Waals surface area contributed by atoms with Crippen molar-refractivity contribution in [3.05, 3.63) is 60.2 Å². The van der Waals surface area contributed by atoms with Crippen LogP contribution in [0.5, 0.6) is 0 Å². The molecule has 148 valence electrons. The minimum Gasteiger partial charge on any atom is -0.352 e. The molecular formula is C20H21N7O2. The Bertz CT molecular complexity index is 1010. The maximum atomic E-state index is 12.6. The van der Waals surface area contributed by atoms with Gasteiger partial charge in [0.1, 0.15) is 0 Å². The summed E-state index contributed by atoms with van der Waals surface area (Å²) in [5.41, 5.74) is 7.54. The summed E-state index contributed by atoms with van der Waals surface area (Å²) in [4.78, 5) is 24.0. The molecule has 2 aromatic carbocycles. The van der Waals surface area contributed by atoms with E-state index in [0.29, 0.717) is 17.6 Å². The average molecular weight is 391 g/mol. The lowest BCUT2D eigenvalue weighted by molar-refractivity contribution is -0.116. The van der Waals surface area contributed by atoms with Crippen LogP contribution < -0.4 is 16.4 Å². The van der Waals surface area contributed by atoms with Gasteiger partial charge >= 0.3 is 6.03 Å². The quantitative estimate of drug-likeness (QED) is 0.570. The van der Waals surface area contributed by atoms with Crippen LogP contribution in [-0.4, -0.2) is 32.1 Å². The predicted octanol–water partition coefficient (Wildman–Crippen LogP) is 2.41. The number of benzene rings is 2. The molecule has 0 bridgehead atoms. The Balaban J connectivity index is 1.47. The summed E-state index contributed by atoms with van der Waals surface area (Å²) in [6.07, 6.45) is 2.20. The number of carbonyl (C=O) groups is 2. The molecule has 1 atom stereocenters. The number of hydrogen-bond donors (Lipinski definition) is 3. The Kier molecular flexibility index (Phi) is 5.19. The normalized spacial score (nSPS) is 14.2. The molecule has 4 rings (SSSR count). The molecule has 4 N–H and O–H groups in total. The van der Waals surface area contributed by atoms with Gasteiger partial charge < -0.3 is 16.4 Å². The third kappa shape index (κ3) is 4.57. The van der Waals surface area contributed by atoms with E-state index in [1.807, 2.05) is 53.2 Å². The summed E-state index contributed by atoms with van der Waals surface area (Å²) in [7, 11) is 0. The first-order valence-corrected chi connectivity index (χ1v) is 9.39. The fraction of sp³-hybridized carbons (Fsp3) is 0.250. The number of aromatic nitrogens is 4. The first-order valence-electron chi connectivity index (χ1n) is 9.39. The summed E-state index contributed by atoms with van der Waals surface area (Å²) < 4.78 is 1.82. The second-order valence-electron chi connectivity index (χ2n) is 6.98. The van der Waals surface area contributed by atoms with E-state index >= 15 is 0 Å². The average Bonchev–Trinajstić information content (AvgIpc) is 3.44. The lowest BCUT2D eigenvalue weighted by atomic mass is 10.0. The van der Waals surface area contributed by atoms with Crippen molar-refractivity contribution in [1.82, 2.24) is 25.5 Å². The van der Waals surface area contributed by atoms with E-state index in [1.165, 1.54) is 0 Å². The second-order valence-corrected chi connectivity index (χ2v) is 6.98. The third-order valence-corrected chi connectivity index (χ3v) is 4.70. The van der Waals surface area contributed by atoms with Crippen LogP contribution >= 0.6 is 0 Å². The second kappa shape index (κ2) is 8.09. The number of rotatable bonds is 7. The molecule has 9 nitrogen and oxygen atoms in total. The highest BCUT2D eigenvalue weighted by atomic mass is 16.2. The zero-order valence-corrected chi connectivity index (χ0v) is 15.7. The van der Waals surface area contributed by atoms with Gasteiger partial charge in [0.25, 0.3) is 0 Å². The van der Waals surface area contributed by atoms with Crippen LogP contribution in [0.25, 0.3) is 11.4 Å². The standard InChI is InChI=1S/C20H21N7O2/c21-20(29)23-17(13-5-2-1-3-6-13)12-18(28)22-15-8-4-7-14(11-15)19-24-25-26-27(19)16-9-10-16/h1-8,11,16-17H,9-10,12H2,(H,22,28)(H3,21,23,29). The van der Waals surface area contributed by atoms with E-state index < -0.39 is 12.1 Å². The zero-order valence-electron chi connectivity index (χ0n) is 15.7. The zero-order chi connectivity index (χ0) is 20.2. The smallest absolute Gasteiger partial charge is 0.312 e. The van der Waals surface area contributed by atoms with E-state index in [4.69, 9.17) is 5.73 Å². The maximum absolute atomic E-state index is 12.6. The number of nitrogens with zero attached hydrogens (tertiary/aromatic N) is 4. The number of anilines is 1. The van der Waals surface area contributed by atoms with Gasteiger partial charge in [-0.2, -0.15) is 0 Å². The van der Waals surface area contributed by atoms with E-state index in [0.717, 1.165) is 24.0 Å². The van der Waals surface area contributed by atoms with Gasteiger partial charge in [-0.25, -0.2) is 9.48 Å². The Morgan fingerprint density at radius 3 is 2.66 bits per heavy atom. The van der Waals surface area contributed by atoms with Gasteiger partial charge in [-0.1, -0.05) is 42.5 Å². The molecule has 1 saturated carbocycles. The summed E-state index contributed by atoms with van der Waals surface area (Å²) in [5, 5.41) is 17.4. The van der Waals surface area contributed by atoms with E-state index in [9.17, 15) is 9.59 Å². The summed E-state index contributed by atoms with van der Waals surface area (Å²) in [5.74, 6) is 0.438. The molecule has 0 aliphatic heterocycles. The van der Waals surface area contributed by atoms with Crippen LogP contribution in [-0.2, 0) is 4.79 Å². The molecule has 1 aliphatic carbocycles. The maximum Gasteiger partial charge on any atom is 0.312 e. The first kappa shape index (κ1) is 18.6. The highest BCUT2D eigenvalue weighted by molar-refractivity contribution is 5.92. The molecule has 1 aliphatic rings. The van der Waals surface area contributed by atoms with Gasteiger partial charge in [0.05, 0.1) is 18.5 Å². The van der Waals surface area contributed by atoms with Crippen molar-refractivity contribution in [1.29, 1.82) is 0 Å². The monoisotopic (exact) mass is 391 g/mol. The Morgan fingerprint density at radius 1 is 1.14 bits per heavy atom. The van der Waals surface area contributed by atoms with Crippen molar-refractivity contribution in [3.8, 4) is 11.4 Å². The fourth-order valence-electron chi connectivity index (χ4n) is 3.19. The molecule has 3 amide bonds. The highest BCUT2D eigenvalue weighted by Gasteiger charge is 2.28. The number of urea groups is 1. The first-order chi connectivity index (χ1) is 14.1. The van der Waals surface area contributed by atoms with Crippen LogP contribution in [0.15, 0.2) is 54.6 Å². The van der Waals surface area contributed by atoms with Crippen molar-refractivity contribution in [2.75, 3.05) is 5.32 Å². The van der Waals surface area contributed by atoms with Gasteiger partial charge in [-0.05, 0) is 41.0 Å². The molecule has 1 heterocycles. The lowest BCUT2D eigenvalue weighted by Crippen LogP contribution is -2.35. The van der Waals surface area contributed by atoms with Crippen molar-refractivity contribution in [3.63, 3.8) is 0 Å². The van der Waals surface area contributed by atoms with Crippen molar-refractivity contribution in [2.45, 2.75) is 31.3 Å². The van der Waals surface area contributed by atoms with Crippen molar-refractivity contribution < 1.29 is 9.59 Å². The van der Waals surface area contributed by atoms with Gasteiger partial charge in [0.15, 0.2) is 5.82 Å². The molecule has 0 spiro atoms. The van der Waals surface area contributed by atoms with E-state index in [1.54, 1.807) is 6.07 Å². The van der Waals surface area contributed by atoms with Crippen LogP contribution in [0.4, 0.5) is 10.5 Å². The number of amides is 3. The summed E-state index contributed by atoms with van der Waals surface area (Å²) in [6, 6.07) is 15.8. The van der Waals surface area contributed by atoms with Gasteiger partial charge in [0, 0.05) is 11.3 Å². The van der Waals surface area contributed by atoms with Crippen LogP contribution in [0, 0.1) is 0 Å². The van der Waals surface area contributed by atoms with E-state index in [2.05, 4.69) is 26.2 Å². The molecule has 9 heteroatoms. The Labute approximate surface area is 167 Å². The SMILES string of the molecule is NC(=O)NC(CC(=O)Nc1cccc(-c2nnnn2C2CC2)c1)c1ccccc1. The molecule has 1 fully saturated rings. The molecule has 1 aromatic heterocycles. The molecule has 0 radical (unpaired) electrons. The minimum absolute atomic E-state index is 0.0526. The van der Waals surface area contributed by atoms with Crippen LogP contribution in [0.2, 0.25) is 0 Å². The van der Waals surface area contributed by atoms with Crippen LogP contribution in [0.1, 0.15) is 36.9 Å². The Morgan fingerprint density at radius 2 is 1.93 bits per heavy atom. The minimum atomic E-state index is -0.680. The number of nitrogens with one attached hydrogen (secondary N) is 2. The number of hydrogen-bond acceptors (Lipinski definition) is 5. The number of nitrogens with two attached hydrogens (primary N) is 1. The third-order valence-electron chi connectivity index (χ3n) is 4.70. The largest absolute Gasteiger partial charge is 0.352 e. The number of primary amides is 1. The van der Waals surface area contributed by atoms with Crippen LogP contribution in [0.3, 0.4) is 0 Å². The molecule has 29 heavy (non-hydrogen) atoms. The Hall–Kier alpha value is -3.75. The van der Waals surface area contributed by atoms with Gasteiger partial charge in [0.2, 0.25) is 5.91 Å².